The monoisotopic (exact) mass is 397 g/mol. The van der Waals surface area contributed by atoms with Gasteiger partial charge < -0.3 is 4.90 Å². The second kappa shape index (κ2) is 7.74. The predicted molar refractivity (Wildman–Crippen MR) is 109 cm³/mol. The van der Waals surface area contributed by atoms with Crippen LogP contribution in [0.2, 0.25) is 0 Å². The highest BCUT2D eigenvalue weighted by molar-refractivity contribution is 8.00. The fourth-order valence-corrected chi connectivity index (χ4v) is 4.85. The topological polar surface area (TPSA) is 63.9 Å². The summed E-state index contributed by atoms with van der Waals surface area (Å²) in [5, 5.41) is 12.6. The van der Waals surface area contributed by atoms with Gasteiger partial charge in [-0.05, 0) is 48.0 Å². The Morgan fingerprint density at radius 3 is 2.89 bits per heavy atom. The highest BCUT2D eigenvalue weighted by atomic mass is 32.2. The van der Waals surface area contributed by atoms with E-state index in [1.807, 2.05) is 42.2 Å². The third kappa shape index (κ3) is 3.72. The molecule has 0 bridgehead atoms. The number of benzene rings is 2. The summed E-state index contributed by atoms with van der Waals surface area (Å²) in [5.41, 5.74) is 4.21. The summed E-state index contributed by atoms with van der Waals surface area (Å²) in [6.07, 6.45) is 0. The maximum atomic E-state index is 12.8. The molecule has 0 atom stereocenters. The van der Waals surface area contributed by atoms with Gasteiger partial charge in [-0.25, -0.2) is 0 Å². The second-order valence-corrected chi connectivity index (χ2v) is 8.39. The van der Waals surface area contributed by atoms with Crippen LogP contribution >= 0.6 is 23.5 Å². The van der Waals surface area contributed by atoms with Gasteiger partial charge in [-0.3, -0.25) is 4.79 Å². The Labute approximate surface area is 166 Å². The molecule has 0 N–H and O–H groups in total. The molecular weight excluding hydrogens is 378 g/mol. The van der Waals surface area contributed by atoms with Gasteiger partial charge in [0.05, 0.1) is 17.1 Å². The van der Waals surface area contributed by atoms with Gasteiger partial charge in [0.1, 0.15) is 0 Å². The van der Waals surface area contributed by atoms with E-state index < -0.39 is 0 Å². The number of hydrogen-bond donors (Lipinski definition) is 0. The molecule has 6 nitrogen and oxygen atoms in total. The number of nitrogens with zero attached hydrogens (tertiary/aromatic N) is 5. The normalized spacial score (nSPS) is 13.5. The van der Waals surface area contributed by atoms with Crippen molar-refractivity contribution >= 4 is 35.1 Å². The van der Waals surface area contributed by atoms with Crippen LogP contribution in [0.25, 0.3) is 5.69 Å². The van der Waals surface area contributed by atoms with E-state index in [0.29, 0.717) is 10.9 Å². The van der Waals surface area contributed by atoms with E-state index in [2.05, 4.69) is 34.6 Å². The second-order valence-electron chi connectivity index (χ2n) is 6.31. The SMILES string of the molecule is Cc1ccc(-n2nnnc2SCC(=O)N2CCSc3ccccc32)c(C)c1. The fourth-order valence-electron chi connectivity index (χ4n) is 3.10. The standard InChI is InChI=1S/C19H19N5OS2/c1-13-7-8-15(14(2)11-13)24-19(20-21-22-24)27-12-18(25)23-9-10-26-17-6-4-3-5-16(17)23/h3-8,11H,9-10,12H2,1-2H3. The summed E-state index contributed by atoms with van der Waals surface area (Å²) in [4.78, 5) is 15.9. The number of carbonyl (C=O) groups is 1. The lowest BCUT2D eigenvalue weighted by molar-refractivity contribution is -0.116. The molecule has 4 rings (SSSR count). The van der Waals surface area contributed by atoms with E-state index in [9.17, 15) is 4.79 Å². The number of thioether (sulfide) groups is 2. The molecule has 1 aromatic heterocycles. The molecule has 2 heterocycles. The fraction of sp³-hybridized carbons (Fsp3) is 0.263. The number of fused-ring (bicyclic) bond motifs is 1. The first-order valence-electron chi connectivity index (χ1n) is 8.64. The van der Waals surface area contributed by atoms with Gasteiger partial charge in [0.25, 0.3) is 0 Å². The summed E-state index contributed by atoms with van der Waals surface area (Å²) < 4.78 is 1.70. The van der Waals surface area contributed by atoms with Crippen LogP contribution in [0.15, 0.2) is 52.5 Å². The maximum Gasteiger partial charge on any atom is 0.237 e. The largest absolute Gasteiger partial charge is 0.310 e. The van der Waals surface area contributed by atoms with Crippen molar-refractivity contribution < 1.29 is 4.79 Å². The number of aromatic nitrogens is 4. The van der Waals surface area contributed by atoms with Crippen molar-refractivity contribution in [3.63, 3.8) is 0 Å². The maximum absolute atomic E-state index is 12.8. The average molecular weight is 398 g/mol. The van der Waals surface area contributed by atoms with Gasteiger partial charge in [-0.1, -0.05) is 41.6 Å². The Bertz CT molecular complexity index is 988. The van der Waals surface area contributed by atoms with Crippen LogP contribution in [0, 0.1) is 13.8 Å². The first-order chi connectivity index (χ1) is 13.1. The molecule has 0 saturated heterocycles. The molecule has 0 fully saturated rings. The first-order valence-corrected chi connectivity index (χ1v) is 10.6. The average Bonchev–Trinajstić information content (AvgIpc) is 3.14. The summed E-state index contributed by atoms with van der Waals surface area (Å²) >= 11 is 3.16. The van der Waals surface area contributed by atoms with Crippen LogP contribution in [0.1, 0.15) is 11.1 Å². The van der Waals surface area contributed by atoms with Crippen molar-refractivity contribution in [2.75, 3.05) is 23.0 Å². The molecule has 0 aliphatic carbocycles. The molecule has 0 unspecified atom stereocenters. The number of rotatable bonds is 4. The van der Waals surface area contributed by atoms with Gasteiger partial charge in [-0.15, -0.1) is 16.9 Å². The van der Waals surface area contributed by atoms with E-state index in [1.54, 1.807) is 16.4 Å². The summed E-state index contributed by atoms with van der Waals surface area (Å²) in [6.45, 7) is 4.81. The predicted octanol–water partition coefficient (Wildman–Crippen LogP) is 3.51. The molecule has 0 spiro atoms. The van der Waals surface area contributed by atoms with E-state index in [4.69, 9.17) is 0 Å². The number of carbonyl (C=O) groups excluding carboxylic acids is 1. The molecule has 0 saturated carbocycles. The van der Waals surface area contributed by atoms with E-state index in [1.165, 1.54) is 17.3 Å². The van der Waals surface area contributed by atoms with E-state index in [0.717, 1.165) is 34.1 Å². The lowest BCUT2D eigenvalue weighted by atomic mass is 10.1. The Morgan fingerprint density at radius 2 is 2.04 bits per heavy atom. The lowest BCUT2D eigenvalue weighted by Crippen LogP contribution is -2.36. The molecule has 8 heteroatoms. The minimum atomic E-state index is 0.0722. The number of tetrazole rings is 1. The molecule has 138 valence electrons. The minimum Gasteiger partial charge on any atom is -0.310 e. The van der Waals surface area contributed by atoms with Gasteiger partial charge in [0.2, 0.25) is 11.1 Å². The zero-order chi connectivity index (χ0) is 18.8. The molecule has 1 aliphatic rings. The molecule has 0 radical (unpaired) electrons. The van der Waals surface area contributed by atoms with Crippen molar-refractivity contribution in [2.45, 2.75) is 23.9 Å². The van der Waals surface area contributed by atoms with Crippen molar-refractivity contribution in [2.24, 2.45) is 0 Å². The molecular formula is C19H19N5OS2. The number of hydrogen-bond acceptors (Lipinski definition) is 6. The Balaban J connectivity index is 1.51. The zero-order valence-corrected chi connectivity index (χ0v) is 16.8. The number of aryl methyl sites for hydroxylation is 2. The quantitative estimate of drug-likeness (QED) is 0.628. The molecule has 1 amide bonds. The van der Waals surface area contributed by atoms with Crippen molar-refractivity contribution in [1.82, 2.24) is 20.2 Å². The minimum absolute atomic E-state index is 0.0722. The van der Waals surface area contributed by atoms with Crippen molar-refractivity contribution in [3.8, 4) is 5.69 Å². The van der Waals surface area contributed by atoms with Crippen LogP contribution < -0.4 is 4.90 Å². The lowest BCUT2D eigenvalue weighted by Gasteiger charge is -2.28. The number of anilines is 1. The van der Waals surface area contributed by atoms with Crippen LogP contribution in [0.4, 0.5) is 5.69 Å². The van der Waals surface area contributed by atoms with E-state index >= 15 is 0 Å². The van der Waals surface area contributed by atoms with E-state index in [-0.39, 0.29) is 5.91 Å². The van der Waals surface area contributed by atoms with Crippen LogP contribution in [-0.2, 0) is 4.79 Å². The summed E-state index contributed by atoms with van der Waals surface area (Å²) in [7, 11) is 0. The third-order valence-electron chi connectivity index (χ3n) is 4.38. The van der Waals surface area contributed by atoms with Gasteiger partial charge >= 0.3 is 0 Å². The summed E-state index contributed by atoms with van der Waals surface area (Å²) in [5.74, 6) is 1.28. The molecule has 27 heavy (non-hydrogen) atoms. The molecule has 2 aromatic carbocycles. The Kier molecular flexibility index (Phi) is 5.18. The highest BCUT2D eigenvalue weighted by Crippen LogP contribution is 2.34. The Morgan fingerprint density at radius 1 is 1.19 bits per heavy atom. The van der Waals surface area contributed by atoms with Crippen molar-refractivity contribution in [3.05, 3.63) is 53.6 Å². The smallest absolute Gasteiger partial charge is 0.237 e. The zero-order valence-electron chi connectivity index (χ0n) is 15.1. The molecule has 3 aromatic rings. The number of amides is 1. The van der Waals surface area contributed by atoms with Crippen molar-refractivity contribution in [1.29, 1.82) is 0 Å². The highest BCUT2D eigenvalue weighted by Gasteiger charge is 2.23. The summed E-state index contributed by atoms with van der Waals surface area (Å²) in [6, 6.07) is 14.2. The molecule has 1 aliphatic heterocycles. The van der Waals surface area contributed by atoms with Gasteiger partial charge in [-0.2, -0.15) is 4.68 Å². The van der Waals surface area contributed by atoms with Crippen LogP contribution in [0.5, 0.6) is 0 Å². The van der Waals surface area contributed by atoms with Gasteiger partial charge in [0.15, 0.2) is 0 Å². The van der Waals surface area contributed by atoms with Gasteiger partial charge in [0, 0.05) is 17.2 Å². The number of para-hydroxylation sites is 1. The van der Waals surface area contributed by atoms with Crippen LogP contribution in [-0.4, -0.2) is 44.2 Å². The van der Waals surface area contributed by atoms with Crippen LogP contribution in [0.3, 0.4) is 0 Å². The third-order valence-corrected chi connectivity index (χ3v) is 6.32. The first kappa shape index (κ1) is 18.1. The Hall–Kier alpha value is -2.32.